The van der Waals surface area contributed by atoms with Gasteiger partial charge in [0.2, 0.25) is 0 Å². The molecule has 24 heavy (non-hydrogen) atoms. The number of hydrogen-bond donors (Lipinski definition) is 0. The lowest BCUT2D eigenvalue weighted by molar-refractivity contribution is -0.151. The third kappa shape index (κ3) is 8.14. The van der Waals surface area contributed by atoms with Crippen LogP contribution in [0.3, 0.4) is 0 Å². The summed E-state index contributed by atoms with van der Waals surface area (Å²) in [6.45, 7) is 6.12. The summed E-state index contributed by atoms with van der Waals surface area (Å²) in [4.78, 5) is 23.7. The van der Waals surface area contributed by atoms with Crippen molar-refractivity contribution in [1.29, 1.82) is 0 Å². The SMILES string of the molecule is CCCCCC(C)OC(=O)CCC(=O)Oc1ccccc1CCC. The Morgan fingerprint density at radius 2 is 1.71 bits per heavy atom. The second-order valence-corrected chi connectivity index (χ2v) is 6.13. The van der Waals surface area contributed by atoms with E-state index in [1.165, 1.54) is 0 Å². The van der Waals surface area contributed by atoms with E-state index in [-0.39, 0.29) is 24.9 Å². The van der Waals surface area contributed by atoms with Gasteiger partial charge < -0.3 is 9.47 Å². The minimum absolute atomic E-state index is 0.0426. The highest BCUT2D eigenvalue weighted by molar-refractivity contribution is 5.79. The third-order valence-electron chi connectivity index (χ3n) is 3.80. The Morgan fingerprint density at radius 1 is 1.00 bits per heavy atom. The number of esters is 2. The lowest BCUT2D eigenvalue weighted by atomic mass is 10.1. The van der Waals surface area contributed by atoms with Gasteiger partial charge in [0.25, 0.3) is 0 Å². The van der Waals surface area contributed by atoms with Crippen molar-refractivity contribution in [2.45, 2.75) is 78.2 Å². The Hall–Kier alpha value is -1.84. The van der Waals surface area contributed by atoms with Gasteiger partial charge in [-0.05, 0) is 37.8 Å². The van der Waals surface area contributed by atoms with Crippen LogP contribution >= 0.6 is 0 Å². The number of unbranched alkanes of at least 4 members (excludes halogenated alkanes) is 2. The fourth-order valence-corrected chi connectivity index (χ4v) is 2.48. The van der Waals surface area contributed by atoms with Gasteiger partial charge in [-0.3, -0.25) is 9.59 Å². The first-order valence-electron chi connectivity index (χ1n) is 9.04. The molecule has 0 aliphatic heterocycles. The second kappa shape index (κ2) is 11.7. The molecule has 1 atom stereocenters. The monoisotopic (exact) mass is 334 g/mol. The third-order valence-corrected chi connectivity index (χ3v) is 3.80. The molecule has 1 rings (SSSR count). The molecular formula is C20H30O4. The fourth-order valence-electron chi connectivity index (χ4n) is 2.48. The summed E-state index contributed by atoms with van der Waals surface area (Å²) >= 11 is 0. The van der Waals surface area contributed by atoms with Crippen molar-refractivity contribution in [3.8, 4) is 5.75 Å². The topological polar surface area (TPSA) is 52.6 Å². The van der Waals surface area contributed by atoms with Crippen LogP contribution in [0.4, 0.5) is 0 Å². The largest absolute Gasteiger partial charge is 0.463 e. The van der Waals surface area contributed by atoms with Gasteiger partial charge in [0, 0.05) is 0 Å². The van der Waals surface area contributed by atoms with E-state index >= 15 is 0 Å². The number of carbonyl (C=O) groups excluding carboxylic acids is 2. The molecule has 4 nitrogen and oxygen atoms in total. The highest BCUT2D eigenvalue weighted by Crippen LogP contribution is 2.20. The van der Waals surface area contributed by atoms with Gasteiger partial charge in [0.15, 0.2) is 0 Å². The fraction of sp³-hybridized carbons (Fsp3) is 0.600. The van der Waals surface area contributed by atoms with Gasteiger partial charge >= 0.3 is 11.9 Å². The van der Waals surface area contributed by atoms with Crippen molar-refractivity contribution in [2.24, 2.45) is 0 Å². The van der Waals surface area contributed by atoms with E-state index in [1.807, 2.05) is 25.1 Å². The summed E-state index contributed by atoms with van der Waals surface area (Å²) in [5.74, 6) is -0.141. The molecule has 0 radical (unpaired) electrons. The quantitative estimate of drug-likeness (QED) is 0.330. The van der Waals surface area contributed by atoms with Crippen molar-refractivity contribution in [1.82, 2.24) is 0 Å². The van der Waals surface area contributed by atoms with Crippen molar-refractivity contribution in [3.63, 3.8) is 0 Å². The van der Waals surface area contributed by atoms with Crippen LogP contribution < -0.4 is 4.74 Å². The van der Waals surface area contributed by atoms with Crippen LogP contribution in [-0.4, -0.2) is 18.0 Å². The van der Waals surface area contributed by atoms with Crippen LogP contribution in [0.15, 0.2) is 24.3 Å². The molecule has 0 spiro atoms. The first-order valence-corrected chi connectivity index (χ1v) is 9.04. The van der Waals surface area contributed by atoms with Gasteiger partial charge in [-0.1, -0.05) is 51.3 Å². The highest BCUT2D eigenvalue weighted by Gasteiger charge is 2.14. The lowest BCUT2D eigenvalue weighted by Crippen LogP contribution is -2.17. The molecule has 1 aromatic rings. The van der Waals surface area contributed by atoms with Gasteiger partial charge in [-0.25, -0.2) is 0 Å². The van der Waals surface area contributed by atoms with E-state index in [0.29, 0.717) is 5.75 Å². The zero-order valence-electron chi connectivity index (χ0n) is 15.2. The van der Waals surface area contributed by atoms with Gasteiger partial charge in [-0.2, -0.15) is 0 Å². The maximum Gasteiger partial charge on any atom is 0.311 e. The number of ether oxygens (including phenoxy) is 2. The molecule has 0 N–H and O–H groups in total. The van der Waals surface area contributed by atoms with Gasteiger partial charge in [-0.15, -0.1) is 0 Å². The van der Waals surface area contributed by atoms with Gasteiger partial charge in [0.05, 0.1) is 18.9 Å². The zero-order chi connectivity index (χ0) is 17.8. The number of para-hydroxylation sites is 1. The molecule has 4 heteroatoms. The molecule has 134 valence electrons. The molecule has 0 saturated carbocycles. The first kappa shape index (κ1) is 20.2. The summed E-state index contributed by atoms with van der Waals surface area (Å²) in [5.41, 5.74) is 1.01. The predicted molar refractivity (Wildman–Crippen MR) is 95.0 cm³/mol. The molecule has 0 saturated heterocycles. The van der Waals surface area contributed by atoms with Crippen LogP contribution in [0.25, 0.3) is 0 Å². The molecule has 0 aromatic heterocycles. The molecule has 0 bridgehead atoms. The van der Waals surface area contributed by atoms with E-state index in [4.69, 9.17) is 9.47 Å². The van der Waals surface area contributed by atoms with Crippen LogP contribution in [0, 0.1) is 0 Å². The average molecular weight is 334 g/mol. The Morgan fingerprint density at radius 3 is 2.42 bits per heavy atom. The highest BCUT2D eigenvalue weighted by atomic mass is 16.5. The van der Waals surface area contributed by atoms with E-state index in [1.54, 1.807) is 6.07 Å². The minimum atomic E-state index is -0.394. The number of rotatable bonds is 11. The van der Waals surface area contributed by atoms with Crippen LogP contribution in [0.1, 0.15) is 71.3 Å². The molecule has 1 aromatic carbocycles. The van der Waals surface area contributed by atoms with E-state index in [9.17, 15) is 9.59 Å². The second-order valence-electron chi connectivity index (χ2n) is 6.13. The molecule has 0 fully saturated rings. The molecule has 0 aliphatic rings. The maximum absolute atomic E-state index is 11.9. The maximum atomic E-state index is 11.9. The number of aryl methyl sites for hydroxylation is 1. The summed E-state index contributed by atoms with van der Waals surface area (Å²) in [7, 11) is 0. The van der Waals surface area contributed by atoms with Gasteiger partial charge in [0.1, 0.15) is 5.75 Å². The van der Waals surface area contributed by atoms with E-state index < -0.39 is 5.97 Å². The summed E-state index contributed by atoms with van der Waals surface area (Å²) in [6.07, 6.45) is 6.07. The molecule has 0 aliphatic carbocycles. The summed E-state index contributed by atoms with van der Waals surface area (Å²) in [6, 6.07) is 7.52. The Kier molecular flexibility index (Phi) is 9.81. The van der Waals surface area contributed by atoms with Crippen LogP contribution in [-0.2, 0) is 20.7 Å². The molecule has 1 unspecified atom stereocenters. The van der Waals surface area contributed by atoms with Crippen molar-refractivity contribution in [3.05, 3.63) is 29.8 Å². The molecule has 0 amide bonds. The first-order chi connectivity index (χ1) is 11.6. The van der Waals surface area contributed by atoms with Crippen molar-refractivity contribution < 1.29 is 19.1 Å². The smallest absolute Gasteiger partial charge is 0.311 e. The number of carbonyl (C=O) groups is 2. The summed E-state index contributed by atoms with van der Waals surface area (Å²) in [5, 5.41) is 0. The number of benzene rings is 1. The zero-order valence-corrected chi connectivity index (χ0v) is 15.2. The number of hydrogen-bond acceptors (Lipinski definition) is 4. The lowest BCUT2D eigenvalue weighted by Gasteiger charge is -2.13. The normalized spacial score (nSPS) is 11.8. The van der Waals surface area contributed by atoms with E-state index in [2.05, 4.69) is 13.8 Å². The van der Waals surface area contributed by atoms with E-state index in [0.717, 1.165) is 44.1 Å². The molecular weight excluding hydrogens is 304 g/mol. The molecule has 0 heterocycles. The van der Waals surface area contributed by atoms with Crippen LogP contribution in [0.2, 0.25) is 0 Å². The Bertz CT molecular complexity index is 510. The summed E-state index contributed by atoms with van der Waals surface area (Å²) < 4.78 is 10.7. The van der Waals surface area contributed by atoms with Crippen molar-refractivity contribution >= 4 is 11.9 Å². The minimum Gasteiger partial charge on any atom is -0.463 e. The average Bonchev–Trinajstić information content (AvgIpc) is 2.55. The Labute approximate surface area is 145 Å². The Balaban J connectivity index is 2.34. The predicted octanol–water partition coefficient (Wildman–Crippen LogP) is 4.84. The van der Waals surface area contributed by atoms with Crippen molar-refractivity contribution in [2.75, 3.05) is 0 Å². The van der Waals surface area contributed by atoms with Crippen LogP contribution in [0.5, 0.6) is 5.75 Å². The standard InChI is InChI=1S/C20H30O4/c1-4-6-7-11-16(3)23-19(21)14-15-20(22)24-18-13-9-8-12-17(18)10-5-2/h8-9,12-13,16H,4-7,10-11,14-15H2,1-3H3.